The van der Waals surface area contributed by atoms with E-state index in [0.717, 1.165) is 5.56 Å². The van der Waals surface area contributed by atoms with Crippen LogP contribution in [0.25, 0.3) is 0 Å². The minimum absolute atomic E-state index is 0.0878. The summed E-state index contributed by atoms with van der Waals surface area (Å²) in [6.07, 6.45) is 1.48. The van der Waals surface area contributed by atoms with E-state index < -0.39 is 23.8 Å². The Morgan fingerprint density at radius 1 is 1.17 bits per heavy atom. The number of halogens is 2. The van der Waals surface area contributed by atoms with Gasteiger partial charge in [0.25, 0.3) is 0 Å². The van der Waals surface area contributed by atoms with Crippen LogP contribution in [0.5, 0.6) is 5.75 Å². The van der Waals surface area contributed by atoms with Crippen LogP contribution in [0.3, 0.4) is 0 Å². The first-order chi connectivity index (χ1) is 14.1. The SMILES string of the molecule is CC(C)(C)OC(=O)NC(C=O)C(NN=Cc1cc(Br)c(O)c(Br)c1)c1ccccc1. The second-order valence-corrected chi connectivity index (χ2v) is 9.13. The maximum Gasteiger partial charge on any atom is 0.408 e. The Hall–Kier alpha value is -2.39. The quantitative estimate of drug-likeness (QED) is 0.269. The summed E-state index contributed by atoms with van der Waals surface area (Å²) in [4.78, 5) is 24.0. The highest BCUT2D eigenvalue weighted by molar-refractivity contribution is 9.11. The molecule has 30 heavy (non-hydrogen) atoms. The summed E-state index contributed by atoms with van der Waals surface area (Å²) in [5.74, 6) is 0.0878. The van der Waals surface area contributed by atoms with Crippen molar-refractivity contribution < 1.29 is 19.4 Å². The van der Waals surface area contributed by atoms with Gasteiger partial charge in [-0.2, -0.15) is 5.10 Å². The van der Waals surface area contributed by atoms with E-state index in [9.17, 15) is 14.7 Å². The van der Waals surface area contributed by atoms with E-state index in [1.165, 1.54) is 0 Å². The fourth-order valence-electron chi connectivity index (χ4n) is 2.51. The Morgan fingerprint density at radius 3 is 2.30 bits per heavy atom. The third-order valence-corrected chi connectivity index (χ3v) is 5.02. The molecule has 2 atom stereocenters. The molecule has 2 unspecified atom stereocenters. The largest absolute Gasteiger partial charge is 0.506 e. The molecule has 2 rings (SSSR count). The van der Waals surface area contributed by atoms with Crippen molar-refractivity contribution in [3.8, 4) is 5.75 Å². The summed E-state index contributed by atoms with van der Waals surface area (Å²) in [6, 6.07) is 11.0. The average molecular weight is 541 g/mol. The van der Waals surface area contributed by atoms with Crippen LogP contribution in [0.1, 0.15) is 37.9 Å². The number of aldehydes is 1. The number of hydrogen-bond donors (Lipinski definition) is 3. The van der Waals surface area contributed by atoms with Gasteiger partial charge in [-0.05, 0) is 75.9 Å². The maximum atomic E-state index is 12.2. The van der Waals surface area contributed by atoms with Gasteiger partial charge >= 0.3 is 6.09 Å². The lowest BCUT2D eigenvalue weighted by molar-refractivity contribution is -0.110. The Morgan fingerprint density at radius 2 is 1.77 bits per heavy atom. The molecule has 7 nitrogen and oxygen atoms in total. The summed E-state index contributed by atoms with van der Waals surface area (Å²) in [6.45, 7) is 5.23. The number of benzene rings is 2. The lowest BCUT2D eigenvalue weighted by Gasteiger charge is -2.26. The van der Waals surface area contributed by atoms with Crippen LogP contribution >= 0.6 is 31.9 Å². The first kappa shape index (κ1) is 23.9. The summed E-state index contributed by atoms with van der Waals surface area (Å²) in [7, 11) is 0. The number of hydrazone groups is 1. The van der Waals surface area contributed by atoms with E-state index in [2.05, 4.69) is 47.7 Å². The molecular formula is C21H23Br2N3O4. The molecule has 9 heteroatoms. The molecular weight excluding hydrogens is 518 g/mol. The van der Waals surface area contributed by atoms with Gasteiger partial charge in [0.15, 0.2) is 0 Å². The molecule has 3 N–H and O–H groups in total. The van der Waals surface area contributed by atoms with Crippen LogP contribution < -0.4 is 10.7 Å². The Balaban J connectivity index is 2.23. The summed E-state index contributed by atoms with van der Waals surface area (Å²) >= 11 is 6.54. The van der Waals surface area contributed by atoms with Crippen LogP contribution in [0.15, 0.2) is 56.5 Å². The molecule has 160 valence electrons. The number of hydrogen-bond acceptors (Lipinski definition) is 6. The molecule has 1 amide bonds. The van der Waals surface area contributed by atoms with Crippen molar-refractivity contribution >= 4 is 50.5 Å². The van der Waals surface area contributed by atoms with Crippen molar-refractivity contribution in [2.75, 3.05) is 0 Å². The highest BCUT2D eigenvalue weighted by Crippen LogP contribution is 2.32. The summed E-state index contributed by atoms with van der Waals surface area (Å²) in [5.41, 5.74) is 3.71. The molecule has 0 fully saturated rings. The lowest BCUT2D eigenvalue weighted by Crippen LogP contribution is -2.46. The van der Waals surface area contributed by atoms with Crippen LogP contribution in [0, 0.1) is 0 Å². The number of carbonyl (C=O) groups excluding carboxylic acids is 2. The molecule has 0 aliphatic carbocycles. The van der Waals surface area contributed by atoms with Gasteiger partial charge in [0.1, 0.15) is 23.7 Å². The number of ether oxygens (including phenoxy) is 1. The number of phenols is 1. The zero-order chi connectivity index (χ0) is 22.3. The number of amides is 1. The van der Waals surface area contributed by atoms with Crippen molar-refractivity contribution in [3.05, 3.63) is 62.5 Å². The minimum atomic E-state index is -0.919. The van der Waals surface area contributed by atoms with E-state index in [0.29, 0.717) is 20.8 Å². The summed E-state index contributed by atoms with van der Waals surface area (Å²) < 4.78 is 6.28. The maximum absolute atomic E-state index is 12.2. The Labute approximate surface area is 192 Å². The van der Waals surface area contributed by atoms with Crippen molar-refractivity contribution in [1.82, 2.24) is 10.7 Å². The monoisotopic (exact) mass is 539 g/mol. The Kier molecular flexibility index (Phi) is 8.43. The predicted molar refractivity (Wildman–Crippen MR) is 123 cm³/mol. The Bertz CT molecular complexity index is 891. The summed E-state index contributed by atoms with van der Waals surface area (Å²) in [5, 5.41) is 16.6. The van der Waals surface area contributed by atoms with Crippen LogP contribution in [0.2, 0.25) is 0 Å². The number of carbonyl (C=O) groups is 2. The van der Waals surface area contributed by atoms with Crippen molar-refractivity contribution in [2.24, 2.45) is 5.10 Å². The molecule has 0 saturated heterocycles. The average Bonchev–Trinajstić information content (AvgIpc) is 2.67. The van der Waals surface area contributed by atoms with Crippen molar-refractivity contribution in [2.45, 2.75) is 38.5 Å². The minimum Gasteiger partial charge on any atom is -0.506 e. The number of aromatic hydroxyl groups is 1. The van der Waals surface area contributed by atoms with Gasteiger partial charge in [0.05, 0.1) is 21.2 Å². The fraction of sp³-hybridized carbons (Fsp3) is 0.286. The molecule has 0 aliphatic heterocycles. The van der Waals surface area contributed by atoms with E-state index in [1.54, 1.807) is 39.1 Å². The molecule has 0 aliphatic rings. The molecule has 0 spiro atoms. The normalized spacial score (nSPS) is 13.5. The van der Waals surface area contributed by atoms with Gasteiger partial charge in [-0.25, -0.2) is 4.79 Å². The fourth-order valence-corrected chi connectivity index (χ4v) is 3.74. The number of alkyl carbamates (subject to hydrolysis) is 1. The highest BCUT2D eigenvalue weighted by Gasteiger charge is 2.26. The second kappa shape index (κ2) is 10.6. The molecule has 0 heterocycles. The first-order valence-corrected chi connectivity index (χ1v) is 10.7. The van der Waals surface area contributed by atoms with Gasteiger partial charge in [-0.15, -0.1) is 0 Å². The second-order valence-electron chi connectivity index (χ2n) is 7.42. The van der Waals surface area contributed by atoms with Crippen LogP contribution in [0.4, 0.5) is 4.79 Å². The number of nitrogens with zero attached hydrogens (tertiary/aromatic N) is 1. The van der Waals surface area contributed by atoms with Crippen LogP contribution in [-0.2, 0) is 9.53 Å². The van der Waals surface area contributed by atoms with Gasteiger partial charge < -0.3 is 25.4 Å². The zero-order valence-electron chi connectivity index (χ0n) is 16.7. The molecule has 2 aromatic rings. The topological polar surface area (TPSA) is 100 Å². The molecule has 2 aromatic carbocycles. The van der Waals surface area contributed by atoms with E-state index >= 15 is 0 Å². The highest BCUT2D eigenvalue weighted by atomic mass is 79.9. The third-order valence-electron chi connectivity index (χ3n) is 3.81. The van der Waals surface area contributed by atoms with Gasteiger partial charge in [0, 0.05) is 0 Å². The smallest absolute Gasteiger partial charge is 0.408 e. The number of rotatable bonds is 7. The van der Waals surface area contributed by atoms with E-state index in [4.69, 9.17) is 4.74 Å². The lowest BCUT2D eigenvalue weighted by atomic mass is 10.0. The first-order valence-electron chi connectivity index (χ1n) is 9.07. The van der Waals surface area contributed by atoms with Crippen molar-refractivity contribution in [1.29, 1.82) is 0 Å². The molecule has 0 bridgehead atoms. The van der Waals surface area contributed by atoms with E-state index in [1.807, 2.05) is 30.3 Å². The van der Waals surface area contributed by atoms with Gasteiger partial charge in [-0.1, -0.05) is 30.3 Å². The predicted octanol–water partition coefficient (Wildman–Crippen LogP) is 4.67. The third kappa shape index (κ3) is 7.14. The standard InChI is InChI=1S/C21H23Br2N3O4/c1-21(2,3)30-20(29)25-17(12-27)18(14-7-5-4-6-8-14)26-24-11-13-9-15(22)19(28)16(23)10-13/h4-12,17-18,26,28H,1-3H3,(H,25,29). The molecule has 0 aromatic heterocycles. The number of nitrogens with one attached hydrogen (secondary N) is 2. The number of phenolic OH excluding ortho intramolecular Hbond substituents is 1. The molecule has 0 radical (unpaired) electrons. The van der Waals surface area contributed by atoms with Gasteiger partial charge in [-0.3, -0.25) is 0 Å². The molecule has 0 saturated carbocycles. The van der Waals surface area contributed by atoms with Crippen molar-refractivity contribution in [3.63, 3.8) is 0 Å². The van der Waals surface area contributed by atoms with Gasteiger partial charge in [0.2, 0.25) is 0 Å². The van der Waals surface area contributed by atoms with E-state index in [-0.39, 0.29) is 5.75 Å². The zero-order valence-corrected chi connectivity index (χ0v) is 19.9. The van der Waals surface area contributed by atoms with Crippen LogP contribution in [-0.4, -0.2) is 35.3 Å².